The van der Waals surface area contributed by atoms with E-state index in [9.17, 15) is 0 Å². The average molecular weight is 503 g/mol. The molecule has 5 rings (SSSR count). The van der Waals surface area contributed by atoms with Crippen LogP contribution >= 0.6 is 0 Å². The summed E-state index contributed by atoms with van der Waals surface area (Å²) in [7, 11) is 0. The van der Waals surface area contributed by atoms with Crippen LogP contribution in [0.25, 0.3) is 0 Å². The SMILES string of the molecule is C(=NNc1nncn1N=Cc1ccc(OCc2ccccc2)cc1)c1ccc(OCc2ccccc2)cc1. The number of hydrogen-bond acceptors (Lipinski definition) is 7. The smallest absolute Gasteiger partial charge is 0.265 e. The highest BCUT2D eigenvalue weighted by molar-refractivity contribution is 5.80. The molecular formula is C30H26N6O2. The number of hydrazone groups is 1. The molecule has 1 aromatic heterocycles. The predicted octanol–water partition coefficient (Wildman–Crippen LogP) is 5.76. The van der Waals surface area contributed by atoms with Crippen LogP contribution in [0.15, 0.2) is 126 Å². The molecule has 0 aliphatic rings. The average Bonchev–Trinajstić information content (AvgIpc) is 3.43. The Hall–Kier alpha value is -5.24. The Morgan fingerprint density at radius 2 is 1.18 bits per heavy atom. The fourth-order valence-electron chi connectivity index (χ4n) is 3.46. The van der Waals surface area contributed by atoms with Crippen molar-refractivity contribution in [2.45, 2.75) is 13.2 Å². The summed E-state index contributed by atoms with van der Waals surface area (Å²) in [6.45, 7) is 1.05. The summed E-state index contributed by atoms with van der Waals surface area (Å²) in [5.41, 5.74) is 6.94. The molecule has 1 heterocycles. The third-order valence-corrected chi connectivity index (χ3v) is 5.50. The minimum absolute atomic E-state index is 0.392. The molecule has 0 amide bonds. The summed E-state index contributed by atoms with van der Waals surface area (Å²) in [6, 6.07) is 35.5. The Labute approximate surface area is 220 Å². The van der Waals surface area contributed by atoms with Crippen molar-refractivity contribution in [3.63, 3.8) is 0 Å². The van der Waals surface area contributed by atoms with Gasteiger partial charge in [0.15, 0.2) is 0 Å². The maximum absolute atomic E-state index is 5.83. The fourth-order valence-corrected chi connectivity index (χ4v) is 3.46. The molecular weight excluding hydrogens is 476 g/mol. The van der Waals surface area contributed by atoms with E-state index >= 15 is 0 Å². The topological polar surface area (TPSA) is 85.9 Å². The van der Waals surface area contributed by atoms with Crippen LogP contribution in [0.1, 0.15) is 22.3 Å². The molecule has 0 aliphatic carbocycles. The van der Waals surface area contributed by atoms with E-state index in [1.54, 1.807) is 12.4 Å². The zero-order chi connectivity index (χ0) is 25.8. The number of rotatable bonds is 11. The molecule has 0 spiro atoms. The number of ether oxygens (including phenoxy) is 2. The molecule has 0 atom stereocenters. The Morgan fingerprint density at radius 1 is 0.658 bits per heavy atom. The normalized spacial score (nSPS) is 11.2. The van der Waals surface area contributed by atoms with E-state index in [4.69, 9.17) is 9.47 Å². The summed E-state index contributed by atoms with van der Waals surface area (Å²) in [6.07, 6.45) is 4.91. The van der Waals surface area contributed by atoms with Crippen molar-refractivity contribution < 1.29 is 9.47 Å². The molecule has 0 bridgehead atoms. The highest BCUT2D eigenvalue weighted by Gasteiger charge is 2.01. The van der Waals surface area contributed by atoms with Crippen LogP contribution in [-0.2, 0) is 13.2 Å². The van der Waals surface area contributed by atoms with Gasteiger partial charge in [0.1, 0.15) is 31.0 Å². The molecule has 0 aliphatic heterocycles. The number of aromatic nitrogens is 3. The van der Waals surface area contributed by atoms with Gasteiger partial charge < -0.3 is 9.47 Å². The van der Waals surface area contributed by atoms with Gasteiger partial charge in [0.25, 0.3) is 5.95 Å². The lowest BCUT2D eigenvalue weighted by Crippen LogP contribution is -1.99. The molecule has 188 valence electrons. The Kier molecular flexibility index (Phi) is 8.13. The van der Waals surface area contributed by atoms with Crippen molar-refractivity contribution in [2.75, 3.05) is 5.43 Å². The van der Waals surface area contributed by atoms with E-state index in [2.05, 4.69) is 25.8 Å². The van der Waals surface area contributed by atoms with Gasteiger partial charge in [-0.3, -0.25) is 0 Å². The lowest BCUT2D eigenvalue weighted by molar-refractivity contribution is 0.306. The van der Waals surface area contributed by atoms with Crippen LogP contribution in [0.2, 0.25) is 0 Å². The summed E-state index contributed by atoms with van der Waals surface area (Å²) < 4.78 is 13.2. The van der Waals surface area contributed by atoms with E-state index in [1.165, 1.54) is 11.0 Å². The standard InChI is InChI=1S/C30H26N6O2/c1-3-7-26(8-4-1)21-37-28-15-11-24(12-16-28)19-31-34-30-35-32-23-36(30)33-20-25-13-17-29(18-14-25)38-22-27-9-5-2-6-10-27/h1-20,23H,21-22H2,(H,34,35). The number of benzene rings is 4. The predicted molar refractivity (Wildman–Crippen MR) is 149 cm³/mol. The first-order chi connectivity index (χ1) is 18.8. The highest BCUT2D eigenvalue weighted by atomic mass is 16.5. The summed E-state index contributed by atoms with van der Waals surface area (Å²) in [5, 5.41) is 16.6. The van der Waals surface area contributed by atoms with Crippen LogP contribution < -0.4 is 14.9 Å². The second-order valence-electron chi connectivity index (χ2n) is 8.30. The molecule has 5 aromatic rings. The molecule has 4 aromatic carbocycles. The largest absolute Gasteiger partial charge is 0.489 e. The maximum Gasteiger partial charge on any atom is 0.265 e. The molecule has 0 fully saturated rings. The Morgan fingerprint density at radius 3 is 1.74 bits per heavy atom. The van der Waals surface area contributed by atoms with E-state index in [1.807, 2.05) is 109 Å². The van der Waals surface area contributed by atoms with Crippen LogP contribution in [0.3, 0.4) is 0 Å². The van der Waals surface area contributed by atoms with Crippen LogP contribution in [-0.4, -0.2) is 27.3 Å². The van der Waals surface area contributed by atoms with Gasteiger partial charge >= 0.3 is 0 Å². The first kappa shape index (κ1) is 24.5. The van der Waals surface area contributed by atoms with Crippen molar-refractivity contribution in [1.29, 1.82) is 0 Å². The van der Waals surface area contributed by atoms with E-state index < -0.39 is 0 Å². The monoisotopic (exact) mass is 502 g/mol. The van der Waals surface area contributed by atoms with Crippen molar-refractivity contribution in [3.05, 3.63) is 138 Å². The maximum atomic E-state index is 5.83. The van der Waals surface area contributed by atoms with Gasteiger partial charge in [-0.1, -0.05) is 60.7 Å². The zero-order valence-electron chi connectivity index (χ0n) is 20.6. The van der Waals surface area contributed by atoms with E-state index in [0.29, 0.717) is 19.2 Å². The quantitative estimate of drug-likeness (QED) is 0.183. The van der Waals surface area contributed by atoms with Crippen molar-refractivity contribution in [3.8, 4) is 11.5 Å². The van der Waals surface area contributed by atoms with E-state index in [-0.39, 0.29) is 0 Å². The minimum Gasteiger partial charge on any atom is -0.489 e. The highest BCUT2D eigenvalue weighted by Crippen LogP contribution is 2.15. The van der Waals surface area contributed by atoms with Gasteiger partial charge in [-0.05, 0) is 70.8 Å². The zero-order valence-corrected chi connectivity index (χ0v) is 20.6. The number of nitrogens with zero attached hydrogens (tertiary/aromatic N) is 5. The third kappa shape index (κ3) is 7.14. The first-order valence-corrected chi connectivity index (χ1v) is 12.1. The third-order valence-electron chi connectivity index (χ3n) is 5.50. The van der Waals surface area contributed by atoms with Crippen LogP contribution in [0, 0.1) is 0 Å². The van der Waals surface area contributed by atoms with Crippen molar-refractivity contribution >= 4 is 18.4 Å². The van der Waals surface area contributed by atoms with Gasteiger partial charge in [0, 0.05) is 0 Å². The molecule has 1 N–H and O–H groups in total. The van der Waals surface area contributed by atoms with Gasteiger partial charge in [-0.25, -0.2) is 5.43 Å². The number of nitrogens with one attached hydrogen (secondary N) is 1. The molecule has 0 radical (unpaired) electrons. The summed E-state index contributed by atoms with van der Waals surface area (Å²) >= 11 is 0. The lowest BCUT2D eigenvalue weighted by atomic mass is 10.2. The van der Waals surface area contributed by atoms with Crippen molar-refractivity contribution in [2.24, 2.45) is 10.2 Å². The number of anilines is 1. The van der Waals surface area contributed by atoms with Gasteiger partial charge in [0.05, 0.1) is 12.4 Å². The molecule has 8 nitrogen and oxygen atoms in total. The Bertz CT molecular complexity index is 1470. The molecule has 38 heavy (non-hydrogen) atoms. The summed E-state index contributed by atoms with van der Waals surface area (Å²) in [5.74, 6) is 1.98. The Balaban J connectivity index is 1.11. The fraction of sp³-hybridized carbons (Fsp3) is 0.0667. The van der Waals surface area contributed by atoms with Gasteiger partial charge in [0.2, 0.25) is 0 Å². The van der Waals surface area contributed by atoms with Crippen molar-refractivity contribution in [1.82, 2.24) is 14.9 Å². The number of hydrogen-bond donors (Lipinski definition) is 1. The van der Waals surface area contributed by atoms with Crippen LogP contribution in [0.4, 0.5) is 5.95 Å². The van der Waals surface area contributed by atoms with Gasteiger partial charge in [-0.15, -0.1) is 10.2 Å². The molecule has 0 unspecified atom stereocenters. The molecule has 0 saturated carbocycles. The second kappa shape index (κ2) is 12.6. The van der Waals surface area contributed by atoms with Gasteiger partial charge in [-0.2, -0.15) is 14.9 Å². The van der Waals surface area contributed by atoms with Crippen LogP contribution in [0.5, 0.6) is 11.5 Å². The lowest BCUT2D eigenvalue weighted by Gasteiger charge is -2.06. The molecule has 0 saturated heterocycles. The second-order valence-corrected chi connectivity index (χ2v) is 8.30. The summed E-state index contributed by atoms with van der Waals surface area (Å²) in [4.78, 5) is 0. The molecule has 8 heteroatoms. The first-order valence-electron chi connectivity index (χ1n) is 12.1. The minimum atomic E-state index is 0.392. The van der Waals surface area contributed by atoms with E-state index in [0.717, 1.165) is 33.8 Å².